The molecule has 0 unspecified atom stereocenters. The van der Waals surface area contributed by atoms with E-state index in [-0.39, 0.29) is 0 Å². The molecule has 0 aromatic heterocycles. The fourth-order valence-electron chi connectivity index (χ4n) is 1.71. The zero-order valence-corrected chi connectivity index (χ0v) is 17.1. The lowest BCUT2D eigenvalue weighted by molar-refractivity contribution is 0.0817. The van der Waals surface area contributed by atoms with Crippen LogP contribution in [0.3, 0.4) is 0 Å². The number of methoxy groups -OCH3 is 1. The number of allylic oxidation sites excluding steroid dienone is 2. The van der Waals surface area contributed by atoms with Gasteiger partial charge in [0.15, 0.2) is 0 Å². The number of carbonyl (C=O) groups is 1. The predicted molar refractivity (Wildman–Crippen MR) is 106 cm³/mol. The summed E-state index contributed by atoms with van der Waals surface area (Å²) < 4.78 is 8.95. The Balaban J connectivity index is -0.000000351. The van der Waals surface area contributed by atoms with Crippen LogP contribution in [0.1, 0.15) is 86.0 Å². The van der Waals surface area contributed by atoms with Crippen LogP contribution in [-0.4, -0.2) is 19.9 Å². The second-order valence-corrected chi connectivity index (χ2v) is 5.44. The van der Waals surface area contributed by atoms with Crippen LogP contribution in [0.25, 0.3) is 0 Å². The summed E-state index contributed by atoms with van der Waals surface area (Å²) in [6.07, 6.45) is 15.4. The lowest BCUT2D eigenvalue weighted by atomic mass is 10.0. The Labute approximate surface area is 151 Å². The quantitative estimate of drug-likeness (QED) is 0.224. The van der Waals surface area contributed by atoms with Gasteiger partial charge in [-0.15, -0.1) is 6.58 Å². The van der Waals surface area contributed by atoms with E-state index in [1.807, 2.05) is 32.1 Å². The molecule has 0 aliphatic heterocycles. The smallest absolute Gasteiger partial charge is 0.438 e. The zero-order chi connectivity index (χ0) is 19.1. The van der Waals surface area contributed by atoms with E-state index >= 15 is 0 Å². The first-order valence-electron chi connectivity index (χ1n) is 9.60. The number of hydrogen-bond donors (Lipinski definition) is 0. The van der Waals surface area contributed by atoms with Gasteiger partial charge in [0.05, 0.1) is 7.11 Å². The molecule has 0 amide bonds. The van der Waals surface area contributed by atoms with Gasteiger partial charge in [-0.3, -0.25) is 0 Å². The van der Waals surface area contributed by atoms with E-state index in [4.69, 9.17) is 0 Å². The standard InChI is InChI=1S/C10H18O3.C9H18.C2H6/c1-3-4-5-6-7-8-9-13-10(11)12-2;1-4-6-7-8-9(3)5-2;1-2/h7-8H,3-6,9H2,1-2H3;5,9H,2,4,6-8H2,1,3H3;1-2H3/b8-7-;;/t;9-;/m.0./s1. The molecule has 144 valence electrons. The maximum Gasteiger partial charge on any atom is 0.508 e. The van der Waals surface area contributed by atoms with Crippen molar-refractivity contribution in [3.8, 4) is 0 Å². The van der Waals surface area contributed by atoms with E-state index in [9.17, 15) is 4.79 Å². The Hall–Kier alpha value is -1.25. The Kier molecular flexibility index (Phi) is 30.6. The van der Waals surface area contributed by atoms with Crippen LogP contribution in [0.5, 0.6) is 0 Å². The molecule has 0 fully saturated rings. The van der Waals surface area contributed by atoms with Crippen LogP contribution in [0.4, 0.5) is 4.79 Å². The average molecular weight is 343 g/mol. The minimum absolute atomic E-state index is 0.304. The third-order valence-corrected chi connectivity index (χ3v) is 3.27. The Morgan fingerprint density at radius 3 is 2.12 bits per heavy atom. The predicted octanol–water partition coefficient (Wildman–Crippen LogP) is 7.32. The average Bonchev–Trinajstić information content (AvgIpc) is 2.63. The highest BCUT2D eigenvalue weighted by Gasteiger charge is 1.95. The molecule has 0 spiro atoms. The first kappa shape index (κ1) is 27.6. The van der Waals surface area contributed by atoms with E-state index in [1.54, 1.807) is 0 Å². The van der Waals surface area contributed by atoms with Crippen LogP contribution >= 0.6 is 0 Å². The lowest BCUT2D eigenvalue weighted by Crippen LogP contribution is -2.03. The molecule has 0 aromatic rings. The summed E-state index contributed by atoms with van der Waals surface area (Å²) >= 11 is 0. The van der Waals surface area contributed by atoms with E-state index in [2.05, 4.69) is 36.8 Å². The molecule has 0 aromatic carbocycles. The van der Waals surface area contributed by atoms with Gasteiger partial charge in [0.1, 0.15) is 6.61 Å². The highest BCUT2D eigenvalue weighted by atomic mass is 16.7. The van der Waals surface area contributed by atoms with Crippen LogP contribution in [0.2, 0.25) is 0 Å². The SMILES string of the molecule is C=C[C@H](C)CCCCC.CC.CCCCC/C=C\COC(=O)OC. The van der Waals surface area contributed by atoms with Gasteiger partial charge in [0.2, 0.25) is 0 Å². The molecule has 0 N–H and O–H groups in total. The van der Waals surface area contributed by atoms with Crippen molar-refractivity contribution >= 4 is 6.16 Å². The molecular weight excluding hydrogens is 300 g/mol. The molecule has 0 aliphatic carbocycles. The maximum atomic E-state index is 10.5. The molecular formula is C21H42O3. The highest BCUT2D eigenvalue weighted by Crippen LogP contribution is 2.08. The first-order valence-corrected chi connectivity index (χ1v) is 9.60. The van der Waals surface area contributed by atoms with E-state index in [1.165, 1.54) is 52.1 Å². The maximum absolute atomic E-state index is 10.5. The fraction of sp³-hybridized carbons (Fsp3) is 0.762. The Morgan fingerprint density at radius 2 is 1.62 bits per heavy atom. The molecule has 0 radical (unpaired) electrons. The van der Waals surface area contributed by atoms with Crippen molar-refractivity contribution in [3.63, 3.8) is 0 Å². The van der Waals surface area contributed by atoms with Crippen molar-refractivity contribution in [2.45, 2.75) is 86.0 Å². The Bertz CT molecular complexity index is 272. The van der Waals surface area contributed by atoms with Crippen molar-refractivity contribution in [1.82, 2.24) is 0 Å². The van der Waals surface area contributed by atoms with Gasteiger partial charge in [0.25, 0.3) is 0 Å². The lowest BCUT2D eigenvalue weighted by Gasteiger charge is -2.02. The summed E-state index contributed by atoms with van der Waals surface area (Å²) in [5, 5.41) is 0. The van der Waals surface area contributed by atoms with Crippen molar-refractivity contribution in [2.75, 3.05) is 13.7 Å². The third kappa shape index (κ3) is 28.8. The van der Waals surface area contributed by atoms with Gasteiger partial charge < -0.3 is 9.47 Å². The second kappa shape index (κ2) is 26.6. The Morgan fingerprint density at radius 1 is 1.04 bits per heavy atom. The monoisotopic (exact) mass is 342 g/mol. The largest absolute Gasteiger partial charge is 0.508 e. The molecule has 0 heterocycles. The molecule has 0 aliphatic rings. The van der Waals surface area contributed by atoms with Gasteiger partial charge in [-0.1, -0.05) is 85.0 Å². The summed E-state index contributed by atoms with van der Waals surface area (Å²) in [7, 11) is 1.30. The molecule has 1 atom stereocenters. The fourth-order valence-corrected chi connectivity index (χ4v) is 1.71. The van der Waals surface area contributed by atoms with Crippen LogP contribution in [0.15, 0.2) is 24.8 Å². The summed E-state index contributed by atoms with van der Waals surface area (Å²) in [6.45, 7) is 14.7. The van der Waals surface area contributed by atoms with Gasteiger partial charge >= 0.3 is 6.16 Å². The zero-order valence-electron chi connectivity index (χ0n) is 17.1. The van der Waals surface area contributed by atoms with Crippen molar-refractivity contribution in [1.29, 1.82) is 0 Å². The summed E-state index contributed by atoms with van der Waals surface area (Å²) in [4.78, 5) is 10.5. The van der Waals surface area contributed by atoms with Crippen LogP contribution < -0.4 is 0 Å². The molecule has 24 heavy (non-hydrogen) atoms. The molecule has 3 nitrogen and oxygen atoms in total. The van der Waals surface area contributed by atoms with Crippen molar-refractivity contribution in [2.24, 2.45) is 5.92 Å². The second-order valence-electron chi connectivity index (χ2n) is 5.44. The van der Waals surface area contributed by atoms with E-state index in [0.29, 0.717) is 6.61 Å². The van der Waals surface area contributed by atoms with E-state index < -0.39 is 6.16 Å². The first-order chi connectivity index (χ1) is 11.6. The number of unbranched alkanes of at least 4 members (excludes halogenated alkanes) is 5. The highest BCUT2D eigenvalue weighted by molar-refractivity contribution is 5.59. The summed E-state index contributed by atoms with van der Waals surface area (Å²) in [5.74, 6) is 0.719. The summed E-state index contributed by atoms with van der Waals surface area (Å²) in [6, 6.07) is 0. The van der Waals surface area contributed by atoms with Crippen molar-refractivity contribution in [3.05, 3.63) is 24.8 Å². The van der Waals surface area contributed by atoms with Crippen molar-refractivity contribution < 1.29 is 14.3 Å². The van der Waals surface area contributed by atoms with E-state index in [0.717, 1.165) is 12.3 Å². The topological polar surface area (TPSA) is 35.5 Å². The van der Waals surface area contributed by atoms with Crippen LogP contribution in [0, 0.1) is 5.92 Å². The molecule has 0 saturated heterocycles. The molecule has 0 bridgehead atoms. The number of ether oxygens (including phenoxy) is 2. The van der Waals surface area contributed by atoms with Gasteiger partial charge in [-0.05, 0) is 25.2 Å². The molecule has 3 heteroatoms. The summed E-state index contributed by atoms with van der Waals surface area (Å²) in [5.41, 5.74) is 0. The van der Waals surface area contributed by atoms with Gasteiger partial charge in [-0.2, -0.15) is 0 Å². The number of rotatable bonds is 11. The normalized spacial score (nSPS) is 10.8. The minimum Gasteiger partial charge on any atom is -0.438 e. The van der Waals surface area contributed by atoms with Gasteiger partial charge in [0, 0.05) is 0 Å². The third-order valence-electron chi connectivity index (χ3n) is 3.27. The number of hydrogen-bond acceptors (Lipinski definition) is 3. The molecule has 0 saturated carbocycles. The van der Waals surface area contributed by atoms with Gasteiger partial charge in [-0.25, -0.2) is 4.79 Å². The molecule has 0 rings (SSSR count). The van der Waals surface area contributed by atoms with Crippen LogP contribution in [-0.2, 0) is 9.47 Å². The number of carbonyl (C=O) groups excluding carboxylic acids is 1. The minimum atomic E-state index is -0.627.